The van der Waals surface area contributed by atoms with Crippen molar-refractivity contribution in [1.82, 2.24) is 15.1 Å². The summed E-state index contributed by atoms with van der Waals surface area (Å²) >= 11 is 0. The lowest BCUT2D eigenvalue weighted by Gasteiger charge is -2.26. The first-order chi connectivity index (χ1) is 11.0. The molecular weight excluding hydrogens is 298 g/mol. The lowest BCUT2D eigenvalue weighted by molar-refractivity contribution is -0.137. The normalized spacial score (nSPS) is 24.9. The summed E-state index contributed by atoms with van der Waals surface area (Å²) < 4.78 is 5.07. The van der Waals surface area contributed by atoms with E-state index in [1.165, 1.54) is 6.92 Å². The highest BCUT2D eigenvalue weighted by Crippen LogP contribution is 2.41. The Morgan fingerprint density at radius 3 is 2.65 bits per heavy atom. The van der Waals surface area contributed by atoms with Crippen LogP contribution >= 0.6 is 0 Å². The second-order valence-electron chi connectivity index (χ2n) is 6.46. The van der Waals surface area contributed by atoms with Gasteiger partial charge in [0.25, 0.3) is 0 Å². The Morgan fingerprint density at radius 1 is 1.22 bits per heavy atom. The number of hydrogen-bond acceptors (Lipinski definition) is 4. The van der Waals surface area contributed by atoms with Gasteiger partial charge in [0.1, 0.15) is 0 Å². The number of ether oxygens (including phenoxy) is 1. The summed E-state index contributed by atoms with van der Waals surface area (Å²) in [6, 6.07) is 0. The van der Waals surface area contributed by atoms with Gasteiger partial charge in [-0.3, -0.25) is 14.4 Å². The van der Waals surface area contributed by atoms with Crippen molar-refractivity contribution < 1.29 is 19.1 Å². The van der Waals surface area contributed by atoms with E-state index in [1.54, 1.807) is 12.0 Å². The van der Waals surface area contributed by atoms with E-state index < -0.39 is 0 Å². The zero-order valence-corrected chi connectivity index (χ0v) is 14.1. The molecule has 0 bridgehead atoms. The molecule has 1 spiro atoms. The summed E-state index contributed by atoms with van der Waals surface area (Å²) in [5.41, 5.74) is -0.309. The van der Waals surface area contributed by atoms with Crippen LogP contribution < -0.4 is 5.32 Å². The zero-order valence-electron chi connectivity index (χ0n) is 14.1. The predicted octanol–water partition coefficient (Wildman–Crippen LogP) is 0.000100. The lowest BCUT2D eigenvalue weighted by Crippen LogP contribution is -2.41. The van der Waals surface area contributed by atoms with Crippen LogP contribution in [0, 0.1) is 5.41 Å². The molecule has 1 N–H and O–H groups in total. The van der Waals surface area contributed by atoms with Crippen molar-refractivity contribution in [3.05, 3.63) is 0 Å². The van der Waals surface area contributed by atoms with Gasteiger partial charge < -0.3 is 19.9 Å². The van der Waals surface area contributed by atoms with Crippen molar-refractivity contribution in [1.29, 1.82) is 0 Å². The van der Waals surface area contributed by atoms with Crippen molar-refractivity contribution in [3.8, 4) is 0 Å². The van der Waals surface area contributed by atoms with E-state index in [9.17, 15) is 14.4 Å². The molecule has 0 unspecified atom stereocenters. The average Bonchev–Trinajstić information content (AvgIpc) is 2.71. The van der Waals surface area contributed by atoms with Crippen LogP contribution in [0.1, 0.15) is 32.6 Å². The van der Waals surface area contributed by atoms with E-state index >= 15 is 0 Å². The third-order valence-electron chi connectivity index (χ3n) is 4.95. The molecule has 23 heavy (non-hydrogen) atoms. The largest absolute Gasteiger partial charge is 0.383 e. The van der Waals surface area contributed by atoms with E-state index in [1.807, 2.05) is 4.90 Å². The maximum atomic E-state index is 12.7. The summed E-state index contributed by atoms with van der Waals surface area (Å²) in [5.74, 6) is -0.0611. The van der Waals surface area contributed by atoms with Crippen molar-refractivity contribution in [2.24, 2.45) is 5.41 Å². The molecule has 2 aliphatic heterocycles. The lowest BCUT2D eigenvalue weighted by atomic mass is 9.79. The number of nitrogens with one attached hydrogen (secondary N) is 1. The van der Waals surface area contributed by atoms with Gasteiger partial charge in [-0.1, -0.05) is 0 Å². The second-order valence-corrected chi connectivity index (χ2v) is 6.46. The fraction of sp³-hybridized carbons (Fsp3) is 0.812. The van der Waals surface area contributed by atoms with Gasteiger partial charge in [0.2, 0.25) is 17.7 Å². The first-order valence-electron chi connectivity index (χ1n) is 8.29. The Labute approximate surface area is 137 Å². The number of rotatable bonds is 5. The standard InChI is InChI=1S/C16H27N3O4/c1-13(20)17-12-14(21)18-7-3-4-16(5-8-18)6-9-19(15(16)22)10-11-23-2/h3-12H2,1-2H3,(H,17,20)/t16-/m0/s1. The van der Waals surface area contributed by atoms with Gasteiger partial charge in [-0.05, 0) is 25.7 Å². The summed E-state index contributed by atoms with van der Waals surface area (Å²) in [6.45, 7) is 4.66. The molecule has 7 heteroatoms. The molecule has 1 atom stereocenters. The summed E-state index contributed by atoms with van der Waals surface area (Å²) in [4.78, 5) is 39.5. The third kappa shape index (κ3) is 4.22. The number of nitrogens with zero attached hydrogens (tertiary/aromatic N) is 2. The van der Waals surface area contributed by atoms with Crippen LogP contribution in [-0.4, -0.2) is 74.0 Å². The Kier molecular flexibility index (Phi) is 5.98. The van der Waals surface area contributed by atoms with Crippen molar-refractivity contribution >= 4 is 17.7 Å². The van der Waals surface area contributed by atoms with Crippen LogP contribution in [0.4, 0.5) is 0 Å². The molecule has 2 heterocycles. The average molecular weight is 325 g/mol. The fourth-order valence-corrected chi connectivity index (χ4v) is 3.53. The molecule has 2 rings (SSSR count). The van der Waals surface area contributed by atoms with E-state index in [4.69, 9.17) is 4.74 Å². The van der Waals surface area contributed by atoms with Crippen molar-refractivity contribution in [2.45, 2.75) is 32.6 Å². The maximum Gasteiger partial charge on any atom is 0.241 e. The highest BCUT2D eigenvalue weighted by atomic mass is 16.5. The van der Waals surface area contributed by atoms with Gasteiger partial charge in [-0.2, -0.15) is 0 Å². The summed E-state index contributed by atoms with van der Waals surface area (Å²) in [6.07, 6.45) is 3.24. The van der Waals surface area contributed by atoms with Crippen LogP contribution in [-0.2, 0) is 19.1 Å². The highest BCUT2D eigenvalue weighted by Gasteiger charge is 2.46. The molecule has 0 saturated carbocycles. The molecule has 2 fully saturated rings. The maximum absolute atomic E-state index is 12.7. The number of methoxy groups -OCH3 is 1. The number of carbonyl (C=O) groups excluding carboxylic acids is 3. The minimum Gasteiger partial charge on any atom is -0.383 e. The monoisotopic (exact) mass is 325 g/mol. The SMILES string of the molecule is COCCN1CC[C@@]2(CCCN(C(=O)CNC(C)=O)CC2)C1=O. The highest BCUT2D eigenvalue weighted by molar-refractivity contribution is 5.86. The van der Waals surface area contributed by atoms with E-state index in [2.05, 4.69) is 5.32 Å². The minimum absolute atomic E-state index is 0.0379. The Balaban J connectivity index is 1.92. The van der Waals surface area contributed by atoms with E-state index in [0.29, 0.717) is 32.7 Å². The molecule has 0 aromatic heterocycles. The molecule has 0 aromatic rings. The van der Waals surface area contributed by atoms with Crippen LogP contribution in [0.25, 0.3) is 0 Å². The Bertz CT molecular complexity index is 468. The molecule has 0 radical (unpaired) electrons. The molecule has 2 aliphatic rings. The Hall–Kier alpha value is -1.63. The Morgan fingerprint density at radius 2 is 1.96 bits per heavy atom. The van der Waals surface area contributed by atoms with Crippen LogP contribution in [0.3, 0.4) is 0 Å². The molecule has 0 aromatic carbocycles. The summed E-state index contributed by atoms with van der Waals surface area (Å²) in [5, 5.41) is 2.54. The fourth-order valence-electron chi connectivity index (χ4n) is 3.53. The number of carbonyl (C=O) groups is 3. The first kappa shape index (κ1) is 17.7. The molecule has 2 saturated heterocycles. The molecule has 130 valence electrons. The van der Waals surface area contributed by atoms with Gasteiger partial charge in [0, 0.05) is 40.2 Å². The van der Waals surface area contributed by atoms with Crippen LogP contribution in [0.2, 0.25) is 0 Å². The van der Waals surface area contributed by atoms with Gasteiger partial charge in [0.15, 0.2) is 0 Å². The van der Waals surface area contributed by atoms with Gasteiger partial charge in [0.05, 0.1) is 18.6 Å². The van der Waals surface area contributed by atoms with Crippen LogP contribution in [0.5, 0.6) is 0 Å². The number of likely N-dealkylation sites (tertiary alicyclic amines) is 2. The summed E-state index contributed by atoms with van der Waals surface area (Å²) in [7, 11) is 1.64. The second kappa shape index (κ2) is 7.77. The topological polar surface area (TPSA) is 79.0 Å². The van der Waals surface area contributed by atoms with Crippen LogP contribution in [0.15, 0.2) is 0 Å². The third-order valence-corrected chi connectivity index (χ3v) is 4.95. The first-order valence-corrected chi connectivity index (χ1v) is 8.29. The van der Waals surface area contributed by atoms with Gasteiger partial charge in [-0.25, -0.2) is 0 Å². The predicted molar refractivity (Wildman–Crippen MR) is 84.6 cm³/mol. The molecule has 0 aliphatic carbocycles. The minimum atomic E-state index is -0.309. The number of hydrogen-bond donors (Lipinski definition) is 1. The van der Waals surface area contributed by atoms with Gasteiger partial charge in [-0.15, -0.1) is 0 Å². The van der Waals surface area contributed by atoms with Gasteiger partial charge >= 0.3 is 0 Å². The molecular formula is C16H27N3O4. The van der Waals surface area contributed by atoms with E-state index in [0.717, 1.165) is 25.8 Å². The smallest absolute Gasteiger partial charge is 0.241 e. The quantitative estimate of drug-likeness (QED) is 0.772. The zero-order chi connectivity index (χ0) is 16.9. The van der Waals surface area contributed by atoms with E-state index in [-0.39, 0.29) is 29.7 Å². The van der Waals surface area contributed by atoms with Crippen molar-refractivity contribution in [2.75, 3.05) is 46.4 Å². The number of amides is 3. The van der Waals surface area contributed by atoms with Crippen molar-refractivity contribution in [3.63, 3.8) is 0 Å². The molecule has 7 nitrogen and oxygen atoms in total. The molecule has 3 amide bonds.